The van der Waals surface area contributed by atoms with Crippen molar-refractivity contribution >= 4 is 16.0 Å². The number of esters is 1. The van der Waals surface area contributed by atoms with Crippen molar-refractivity contribution in [1.29, 1.82) is 0 Å². The smallest absolute Gasteiger partial charge is 0.305 e. The van der Waals surface area contributed by atoms with Gasteiger partial charge < -0.3 is 4.74 Å². The number of aromatic nitrogens is 1. The molecule has 1 N–H and O–H groups in total. The number of nitrogens with zero attached hydrogens (tertiary/aromatic N) is 1. The summed E-state index contributed by atoms with van der Waals surface area (Å²) in [5, 5.41) is 0. The summed E-state index contributed by atoms with van der Waals surface area (Å²) >= 11 is 0. The number of carbonyl (C=O) groups excluding carboxylic acids is 1. The number of rotatable bonds is 7. The Balaban J connectivity index is 2.48. The molecule has 6 nitrogen and oxygen atoms in total. The maximum Gasteiger partial charge on any atom is 0.305 e. The van der Waals surface area contributed by atoms with E-state index in [1.807, 2.05) is 0 Å². The van der Waals surface area contributed by atoms with Gasteiger partial charge in [-0.25, -0.2) is 13.1 Å². The summed E-state index contributed by atoms with van der Waals surface area (Å²) in [7, 11) is -2.13. The molecule has 1 heterocycles. The number of pyridine rings is 1. The fourth-order valence-electron chi connectivity index (χ4n) is 1.56. The van der Waals surface area contributed by atoms with Crippen LogP contribution in [0.15, 0.2) is 24.5 Å². The van der Waals surface area contributed by atoms with Crippen LogP contribution in [0.1, 0.15) is 31.4 Å². The van der Waals surface area contributed by atoms with Gasteiger partial charge in [-0.05, 0) is 31.0 Å². The van der Waals surface area contributed by atoms with Crippen molar-refractivity contribution in [3.05, 3.63) is 30.1 Å². The summed E-state index contributed by atoms with van der Waals surface area (Å²) in [6.07, 6.45) is 3.56. The Hall–Kier alpha value is -1.47. The minimum atomic E-state index is -3.41. The van der Waals surface area contributed by atoms with Gasteiger partial charge in [-0.2, -0.15) is 0 Å². The van der Waals surface area contributed by atoms with E-state index in [4.69, 9.17) is 0 Å². The molecule has 0 aliphatic carbocycles. The van der Waals surface area contributed by atoms with Gasteiger partial charge in [0, 0.05) is 24.9 Å². The van der Waals surface area contributed by atoms with Gasteiger partial charge in [0.15, 0.2) is 0 Å². The summed E-state index contributed by atoms with van der Waals surface area (Å²) in [4.78, 5) is 14.8. The molecular formula is C12H18N2O4S. The monoisotopic (exact) mass is 286 g/mol. The number of hydrogen-bond acceptors (Lipinski definition) is 5. The molecule has 7 heteroatoms. The van der Waals surface area contributed by atoms with Crippen molar-refractivity contribution < 1.29 is 17.9 Å². The zero-order valence-electron chi connectivity index (χ0n) is 11.0. The van der Waals surface area contributed by atoms with Crippen LogP contribution in [0, 0.1) is 0 Å². The summed E-state index contributed by atoms with van der Waals surface area (Å²) < 4.78 is 30.6. The lowest BCUT2D eigenvalue weighted by molar-refractivity contribution is -0.140. The summed E-state index contributed by atoms with van der Waals surface area (Å²) in [5.41, 5.74) is 0.839. The summed E-state index contributed by atoms with van der Waals surface area (Å²) in [6, 6.07) is 3.18. The first-order chi connectivity index (χ1) is 8.94. The minimum Gasteiger partial charge on any atom is -0.469 e. The average molecular weight is 286 g/mol. The maximum absolute atomic E-state index is 11.8. The molecule has 0 spiro atoms. The Kier molecular flexibility index (Phi) is 5.91. The van der Waals surface area contributed by atoms with Crippen molar-refractivity contribution in [2.24, 2.45) is 0 Å². The van der Waals surface area contributed by atoms with E-state index in [0.717, 1.165) is 5.56 Å². The van der Waals surface area contributed by atoms with Crippen LogP contribution < -0.4 is 4.72 Å². The van der Waals surface area contributed by atoms with Crippen LogP contribution in [0.3, 0.4) is 0 Å². The Morgan fingerprint density at radius 2 is 2.05 bits per heavy atom. The first kappa shape index (κ1) is 15.6. The highest BCUT2D eigenvalue weighted by Crippen LogP contribution is 2.12. The van der Waals surface area contributed by atoms with Crippen LogP contribution in [0.25, 0.3) is 0 Å². The highest BCUT2D eigenvalue weighted by atomic mass is 32.2. The minimum absolute atomic E-state index is 0.0983. The lowest BCUT2D eigenvalue weighted by Gasteiger charge is -2.14. The molecule has 106 valence electrons. The molecule has 1 rings (SSSR count). The quantitative estimate of drug-likeness (QED) is 0.756. The van der Waals surface area contributed by atoms with Gasteiger partial charge in [0.1, 0.15) is 0 Å². The second-order valence-electron chi connectivity index (χ2n) is 4.12. The van der Waals surface area contributed by atoms with Crippen molar-refractivity contribution in [3.63, 3.8) is 0 Å². The molecule has 0 saturated heterocycles. The molecule has 0 bridgehead atoms. The largest absolute Gasteiger partial charge is 0.469 e. The molecule has 0 fully saturated rings. The molecule has 0 amide bonds. The fourth-order valence-corrected chi connectivity index (χ4v) is 2.87. The molecule has 19 heavy (non-hydrogen) atoms. The number of methoxy groups -OCH3 is 1. The molecule has 0 aliphatic heterocycles. The van der Waals surface area contributed by atoms with Gasteiger partial charge in [0.05, 0.1) is 12.9 Å². The van der Waals surface area contributed by atoms with E-state index in [9.17, 15) is 13.2 Å². The van der Waals surface area contributed by atoms with Crippen LogP contribution in [0.4, 0.5) is 0 Å². The van der Waals surface area contributed by atoms with Gasteiger partial charge in [-0.3, -0.25) is 9.78 Å². The van der Waals surface area contributed by atoms with Crippen LogP contribution in [-0.2, 0) is 19.6 Å². The predicted octanol–water partition coefficient (Wildman–Crippen LogP) is 1.02. The molecular weight excluding hydrogens is 268 g/mol. The van der Waals surface area contributed by atoms with E-state index >= 15 is 0 Å². The summed E-state index contributed by atoms with van der Waals surface area (Å²) in [6.45, 7) is 1.76. The highest BCUT2D eigenvalue weighted by Gasteiger charge is 2.16. The number of sulfonamides is 1. The molecule has 0 radical (unpaired) electrons. The number of nitrogens with one attached hydrogen (secondary N) is 1. The molecule has 0 aliphatic rings. The second-order valence-corrected chi connectivity index (χ2v) is 5.99. The van der Waals surface area contributed by atoms with E-state index in [1.54, 1.807) is 31.5 Å². The Morgan fingerprint density at radius 3 is 2.63 bits per heavy atom. The third kappa shape index (κ3) is 5.80. The van der Waals surface area contributed by atoms with Gasteiger partial charge in [-0.15, -0.1) is 0 Å². The predicted molar refractivity (Wildman–Crippen MR) is 70.8 cm³/mol. The molecule has 0 aromatic carbocycles. The van der Waals surface area contributed by atoms with Gasteiger partial charge in [0.2, 0.25) is 10.0 Å². The van der Waals surface area contributed by atoms with E-state index < -0.39 is 16.0 Å². The van der Waals surface area contributed by atoms with Crippen molar-refractivity contribution in [3.8, 4) is 0 Å². The maximum atomic E-state index is 11.8. The van der Waals surface area contributed by atoms with Crippen LogP contribution in [0.5, 0.6) is 0 Å². The molecule has 1 aromatic heterocycles. The van der Waals surface area contributed by atoms with E-state index in [1.165, 1.54) is 7.11 Å². The average Bonchev–Trinajstić information content (AvgIpc) is 2.38. The number of hydrogen-bond donors (Lipinski definition) is 1. The molecule has 1 aromatic rings. The normalized spacial score (nSPS) is 12.9. The first-order valence-electron chi connectivity index (χ1n) is 5.91. The van der Waals surface area contributed by atoms with Gasteiger partial charge in [0.25, 0.3) is 0 Å². The zero-order chi connectivity index (χ0) is 14.3. The fraction of sp³-hybridized carbons (Fsp3) is 0.500. The first-order valence-corrected chi connectivity index (χ1v) is 7.56. The molecule has 0 saturated carbocycles. The lowest BCUT2D eigenvalue weighted by Crippen LogP contribution is -2.29. The Bertz CT molecular complexity index is 502. The molecule has 1 atom stereocenters. The zero-order valence-corrected chi connectivity index (χ0v) is 11.8. The van der Waals surface area contributed by atoms with Crippen molar-refractivity contribution in [2.45, 2.75) is 25.8 Å². The van der Waals surface area contributed by atoms with Crippen LogP contribution >= 0.6 is 0 Å². The SMILES string of the molecule is COC(=O)CCCS(=O)(=O)N[C@@H](C)c1ccncc1. The van der Waals surface area contributed by atoms with Gasteiger partial charge >= 0.3 is 5.97 Å². The number of carbonyl (C=O) groups is 1. The molecule has 0 unspecified atom stereocenters. The van der Waals surface area contributed by atoms with Gasteiger partial charge in [-0.1, -0.05) is 0 Å². The van der Waals surface area contributed by atoms with Crippen molar-refractivity contribution in [1.82, 2.24) is 9.71 Å². The van der Waals surface area contributed by atoms with Crippen LogP contribution in [0.2, 0.25) is 0 Å². The van der Waals surface area contributed by atoms with Crippen molar-refractivity contribution in [2.75, 3.05) is 12.9 Å². The van der Waals surface area contributed by atoms with Crippen LogP contribution in [-0.4, -0.2) is 32.2 Å². The topological polar surface area (TPSA) is 85.4 Å². The summed E-state index contributed by atoms with van der Waals surface area (Å²) in [5.74, 6) is -0.505. The van der Waals surface area contributed by atoms with E-state index in [0.29, 0.717) is 0 Å². The van der Waals surface area contributed by atoms with E-state index in [-0.39, 0.29) is 24.6 Å². The standard InChI is InChI=1S/C12H18N2O4S/c1-10(11-5-7-13-8-6-11)14-19(16,17)9-3-4-12(15)18-2/h5-8,10,14H,3-4,9H2,1-2H3/t10-/m0/s1. The highest BCUT2D eigenvalue weighted by molar-refractivity contribution is 7.89. The third-order valence-electron chi connectivity index (χ3n) is 2.58. The lowest BCUT2D eigenvalue weighted by atomic mass is 10.1. The Morgan fingerprint density at radius 1 is 1.42 bits per heavy atom. The Labute approximate surface area is 113 Å². The second kappa shape index (κ2) is 7.20. The number of ether oxygens (including phenoxy) is 1. The van der Waals surface area contributed by atoms with E-state index in [2.05, 4.69) is 14.4 Å². The third-order valence-corrected chi connectivity index (χ3v) is 4.12.